The van der Waals surface area contributed by atoms with Gasteiger partial charge in [-0.2, -0.15) is 0 Å². The summed E-state index contributed by atoms with van der Waals surface area (Å²) >= 11 is 0. The number of hydrogen-bond acceptors (Lipinski definition) is 3. The van der Waals surface area contributed by atoms with E-state index in [0.29, 0.717) is 25.3 Å². The number of nitrogens with zero attached hydrogens (tertiary/aromatic N) is 2. The summed E-state index contributed by atoms with van der Waals surface area (Å²) in [6.07, 6.45) is 8.24. The molecule has 0 bridgehead atoms. The molecule has 4 nitrogen and oxygen atoms in total. The van der Waals surface area contributed by atoms with Gasteiger partial charge in [-0.3, -0.25) is 9.69 Å². The van der Waals surface area contributed by atoms with E-state index in [9.17, 15) is 9.90 Å². The average molecular weight is 318 g/mol. The van der Waals surface area contributed by atoms with E-state index < -0.39 is 0 Å². The molecule has 0 amide bonds. The summed E-state index contributed by atoms with van der Waals surface area (Å²) in [5, 5.41) is 10.3. The number of pyridine rings is 1. The van der Waals surface area contributed by atoms with E-state index in [4.69, 9.17) is 0 Å². The molecule has 0 saturated carbocycles. The summed E-state index contributed by atoms with van der Waals surface area (Å²) in [6.45, 7) is 14.3. The Morgan fingerprint density at radius 1 is 1.22 bits per heavy atom. The lowest BCUT2D eigenvalue weighted by Crippen LogP contribution is -2.27. The van der Waals surface area contributed by atoms with Crippen molar-refractivity contribution in [3.05, 3.63) is 53.0 Å². The molecule has 1 aromatic heterocycles. The number of aryl methyl sites for hydroxylation is 1. The SMILES string of the molecule is C=CCN(CC=C)Cc1c(O)c(=O)cc(C)n1CCCCCC. The monoisotopic (exact) mass is 318 g/mol. The molecule has 4 heteroatoms. The van der Waals surface area contributed by atoms with Crippen LogP contribution in [0, 0.1) is 6.92 Å². The second kappa shape index (κ2) is 10.1. The Labute approximate surface area is 139 Å². The highest BCUT2D eigenvalue weighted by molar-refractivity contribution is 5.30. The van der Waals surface area contributed by atoms with Crippen molar-refractivity contribution in [3.63, 3.8) is 0 Å². The van der Waals surface area contributed by atoms with E-state index in [1.54, 1.807) is 0 Å². The average Bonchev–Trinajstić information content (AvgIpc) is 2.51. The molecule has 1 heterocycles. The number of aromatic hydroxyl groups is 1. The number of unbranched alkanes of at least 4 members (excludes halogenated alkanes) is 3. The highest BCUT2D eigenvalue weighted by Gasteiger charge is 2.15. The summed E-state index contributed by atoms with van der Waals surface area (Å²) in [5.41, 5.74) is 1.28. The van der Waals surface area contributed by atoms with E-state index in [0.717, 1.165) is 25.1 Å². The highest BCUT2D eigenvalue weighted by atomic mass is 16.3. The molecule has 0 atom stereocenters. The Balaban J connectivity index is 3.07. The van der Waals surface area contributed by atoms with Crippen molar-refractivity contribution in [2.75, 3.05) is 13.1 Å². The minimum Gasteiger partial charge on any atom is -0.503 e. The summed E-state index contributed by atoms with van der Waals surface area (Å²) in [6, 6.07) is 1.52. The van der Waals surface area contributed by atoms with E-state index in [-0.39, 0.29) is 11.2 Å². The minimum absolute atomic E-state index is 0.135. The third-order valence-corrected chi connectivity index (χ3v) is 3.98. The molecular formula is C19H30N2O2. The van der Waals surface area contributed by atoms with Crippen molar-refractivity contribution in [2.24, 2.45) is 0 Å². The van der Waals surface area contributed by atoms with Gasteiger partial charge in [-0.05, 0) is 13.3 Å². The van der Waals surface area contributed by atoms with E-state index in [2.05, 4.69) is 29.5 Å². The maximum atomic E-state index is 12.0. The molecule has 0 fully saturated rings. The van der Waals surface area contributed by atoms with Gasteiger partial charge in [-0.1, -0.05) is 38.3 Å². The lowest BCUT2D eigenvalue weighted by molar-refractivity contribution is 0.305. The van der Waals surface area contributed by atoms with Crippen LogP contribution in [0.5, 0.6) is 5.75 Å². The van der Waals surface area contributed by atoms with Crippen molar-refractivity contribution in [1.82, 2.24) is 9.47 Å². The zero-order valence-corrected chi connectivity index (χ0v) is 14.6. The van der Waals surface area contributed by atoms with Crippen molar-refractivity contribution < 1.29 is 5.11 Å². The van der Waals surface area contributed by atoms with Crippen LogP contribution in [-0.2, 0) is 13.1 Å². The molecule has 0 unspecified atom stereocenters. The topological polar surface area (TPSA) is 45.5 Å². The molecule has 0 aliphatic heterocycles. The predicted molar refractivity (Wildman–Crippen MR) is 96.9 cm³/mol. The number of hydrogen-bond donors (Lipinski definition) is 1. The van der Waals surface area contributed by atoms with Gasteiger partial charge in [0.2, 0.25) is 5.43 Å². The molecule has 23 heavy (non-hydrogen) atoms. The van der Waals surface area contributed by atoms with Crippen LogP contribution in [-0.4, -0.2) is 27.7 Å². The Morgan fingerprint density at radius 2 is 1.87 bits per heavy atom. The summed E-state index contributed by atoms with van der Waals surface area (Å²) in [7, 11) is 0. The van der Waals surface area contributed by atoms with Gasteiger partial charge in [-0.25, -0.2) is 0 Å². The maximum Gasteiger partial charge on any atom is 0.223 e. The fraction of sp³-hybridized carbons (Fsp3) is 0.526. The molecule has 0 aliphatic carbocycles. The van der Waals surface area contributed by atoms with Gasteiger partial charge in [0, 0.05) is 37.9 Å². The second-order valence-electron chi connectivity index (χ2n) is 5.93. The molecule has 1 N–H and O–H groups in total. The van der Waals surface area contributed by atoms with Gasteiger partial charge in [0.25, 0.3) is 0 Å². The zero-order valence-electron chi connectivity index (χ0n) is 14.6. The van der Waals surface area contributed by atoms with Crippen molar-refractivity contribution in [2.45, 2.75) is 52.6 Å². The van der Waals surface area contributed by atoms with Crippen LogP contribution in [0.25, 0.3) is 0 Å². The standard InChI is InChI=1S/C19H30N2O2/c1-5-8-9-10-13-21-16(4)14-18(22)19(23)17(21)15-20(11-6-2)12-7-3/h6-7,14,23H,2-3,5,8-13,15H2,1,4H3. The summed E-state index contributed by atoms with van der Waals surface area (Å²) in [4.78, 5) is 14.1. The van der Waals surface area contributed by atoms with Gasteiger partial charge < -0.3 is 9.67 Å². The number of aromatic nitrogens is 1. The maximum absolute atomic E-state index is 12.0. The second-order valence-corrected chi connectivity index (χ2v) is 5.93. The van der Waals surface area contributed by atoms with Crippen LogP contribution < -0.4 is 5.43 Å². The van der Waals surface area contributed by atoms with Crippen LogP contribution in [0.2, 0.25) is 0 Å². The molecule has 0 saturated heterocycles. The molecule has 1 aromatic rings. The Hall–Kier alpha value is -1.81. The third-order valence-electron chi connectivity index (χ3n) is 3.98. The molecule has 0 radical (unpaired) electrons. The quantitative estimate of drug-likeness (QED) is 0.501. The molecule has 0 aliphatic rings. The van der Waals surface area contributed by atoms with Gasteiger partial charge >= 0.3 is 0 Å². The molecule has 128 valence electrons. The first kappa shape index (κ1) is 19.2. The largest absolute Gasteiger partial charge is 0.503 e. The number of rotatable bonds is 11. The Bertz CT molecular complexity index is 565. The van der Waals surface area contributed by atoms with Crippen molar-refractivity contribution in [1.29, 1.82) is 0 Å². The normalized spacial score (nSPS) is 10.9. The summed E-state index contributed by atoms with van der Waals surface area (Å²) < 4.78 is 2.07. The van der Waals surface area contributed by atoms with Gasteiger partial charge in [0.1, 0.15) is 0 Å². The Morgan fingerprint density at radius 3 is 2.43 bits per heavy atom. The van der Waals surface area contributed by atoms with Gasteiger partial charge in [-0.15, -0.1) is 13.2 Å². The first-order chi connectivity index (χ1) is 11.0. The summed E-state index contributed by atoms with van der Waals surface area (Å²) in [5.74, 6) is -0.135. The third kappa shape index (κ3) is 5.71. The minimum atomic E-state index is -0.306. The van der Waals surface area contributed by atoms with Crippen LogP contribution in [0.3, 0.4) is 0 Å². The van der Waals surface area contributed by atoms with E-state index in [1.165, 1.54) is 18.9 Å². The fourth-order valence-corrected chi connectivity index (χ4v) is 2.77. The Kier molecular flexibility index (Phi) is 8.41. The molecule has 1 rings (SSSR count). The zero-order chi connectivity index (χ0) is 17.2. The van der Waals surface area contributed by atoms with Crippen LogP contribution in [0.4, 0.5) is 0 Å². The molecule has 0 aromatic carbocycles. The van der Waals surface area contributed by atoms with Crippen molar-refractivity contribution >= 4 is 0 Å². The lowest BCUT2D eigenvalue weighted by Gasteiger charge is -2.24. The smallest absolute Gasteiger partial charge is 0.223 e. The molecular weight excluding hydrogens is 288 g/mol. The van der Waals surface area contributed by atoms with Crippen molar-refractivity contribution in [3.8, 4) is 5.75 Å². The first-order valence-electron chi connectivity index (χ1n) is 8.41. The van der Waals surface area contributed by atoms with Crippen LogP contribution >= 0.6 is 0 Å². The van der Waals surface area contributed by atoms with Gasteiger partial charge in [0.15, 0.2) is 5.75 Å². The van der Waals surface area contributed by atoms with E-state index >= 15 is 0 Å². The van der Waals surface area contributed by atoms with Crippen LogP contribution in [0.15, 0.2) is 36.2 Å². The lowest BCUT2D eigenvalue weighted by atomic mass is 10.1. The predicted octanol–water partition coefficient (Wildman–Crippen LogP) is 3.62. The molecule has 0 spiro atoms. The fourth-order valence-electron chi connectivity index (χ4n) is 2.77. The van der Waals surface area contributed by atoms with Crippen LogP contribution in [0.1, 0.15) is 44.0 Å². The van der Waals surface area contributed by atoms with E-state index in [1.807, 2.05) is 19.1 Å². The van der Waals surface area contributed by atoms with Gasteiger partial charge in [0.05, 0.1) is 5.69 Å². The highest BCUT2D eigenvalue weighted by Crippen LogP contribution is 2.18. The first-order valence-corrected chi connectivity index (χ1v) is 8.41.